The summed E-state index contributed by atoms with van der Waals surface area (Å²) in [5.74, 6) is -1.25. The van der Waals surface area contributed by atoms with Crippen LogP contribution >= 0.6 is 0 Å². The van der Waals surface area contributed by atoms with E-state index in [9.17, 15) is 9.18 Å². The van der Waals surface area contributed by atoms with Crippen molar-refractivity contribution in [3.63, 3.8) is 0 Å². The normalized spacial score (nSPS) is 10.2. The predicted octanol–water partition coefficient (Wildman–Crippen LogP) is 0.884. The van der Waals surface area contributed by atoms with Crippen LogP contribution in [0.5, 0.6) is 0 Å². The average molecular weight is 234 g/mol. The highest BCUT2D eigenvalue weighted by atomic mass is 19.1. The van der Waals surface area contributed by atoms with Crippen LogP contribution in [-0.2, 0) is 13.6 Å². The number of halogens is 1. The van der Waals surface area contributed by atoms with Gasteiger partial charge in [0.1, 0.15) is 0 Å². The molecule has 5 nitrogen and oxygen atoms in total. The molecule has 2 heterocycles. The minimum atomic E-state index is -0.767. The van der Waals surface area contributed by atoms with Crippen LogP contribution in [0.1, 0.15) is 15.9 Å². The third-order valence-electron chi connectivity index (χ3n) is 2.22. The van der Waals surface area contributed by atoms with Crippen LogP contribution in [-0.4, -0.2) is 20.7 Å². The zero-order valence-corrected chi connectivity index (χ0v) is 9.22. The molecule has 2 aromatic rings. The number of pyridine rings is 1. The van der Waals surface area contributed by atoms with Gasteiger partial charge in [-0.05, 0) is 12.1 Å². The minimum Gasteiger partial charge on any atom is -0.348 e. The van der Waals surface area contributed by atoms with Crippen LogP contribution in [0, 0.1) is 5.95 Å². The molecule has 1 amide bonds. The number of amides is 1. The number of nitrogens with zero attached hydrogens (tertiary/aromatic N) is 3. The second-order valence-corrected chi connectivity index (χ2v) is 3.55. The third-order valence-corrected chi connectivity index (χ3v) is 2.22. The second kappa shape index (κ2) is 4.73. The summed E-state index contributed by atoms with van der Waals surface area (Å²) in [6, 6.07) is 2.91. The average Bonchev–Trinajstić information content (AvgIpc) is 2.73. The van der Waals surface area contributed by atoms with E-state index in [1.807, 2.05) is 0 Å². The van der Waals surface area contributed by atoms with Gasteiger partial charge in [0.15, 0.2) is 0 Å². The summed E-state index contributed by atoms with van der Waals surface area (Å²) >= 11 is 0. The maximum Gasteiger partial charge on any atom is 0.256 e. The molecule has 0 aliphatic rings. The fraction of sp³-hybridized carbons (Fsp3) is 0.182. The molecule has 17 heavy (non-hydrogen) atoms. The number of nitrogens with one attached hydrogen (secondary N) is 1. The van der Waals surface area contributed by atoms with Gasteiger partial charge < -0.3 is 5.32 Å². The van der Waals surface area contributed by atoms with E-state index < -0.39 is 11.9 Å². The van der Waals surface area contributed by atoms with Crippen molar-refractivity contribution in [1.82, 2.24) is 20.1 Å². The first-order valence-electron chi connectivity index (χ1n) is 5.03. The largest absolute Gasteiger partial charge is 0.348 e. The Hall–Kier alpha value is -2.24. The Balaban J connectivity index is 2.01. The van der Waals surface area contributed by atoms with Crippen molar-refractivity contribution in [2.75, 3.05) is 0 Å². The van der Waals surface area contributed by atoms with E-state index in [1.165, 1.54) is 18.3 Å². The van der Waals surface area contributed by atoms with Gasteiger partial charge in [-0.3, -0.25) is 9.48 Å². The topological polar surface area (TPSA) is 59.8 Å². The molecule has 0 aromatic carbocycles. The van der Waals surface area contributed by atoms with Gasteiger partial charge in [-0.15, -0.1) is 0 Å². The van der Waals surface area contributed by atoms with Gasteiger partial charge in [-0.2, -0.15) is 9.49 Å². The predicted molar refractivity (Wildman–Crippen MR) is 58.6 cm³/mol. The molecule has 0 fully saturated rings. The van der Waals surface area contributed by atoms with E-state index in [-0.39, 0.29) is 5.56 Å². The van der Waals surface area contributed by atoms with Crippen molar-refractivity contribution in [3.05, 3.63) is 47.8 Å². The fourth-order valence-corrected chi connectivity index (χ4v) is 1.40. The number of carbonyl (C=O) groups excluding carboxylic acids is 1. The summed E-state index contributed by atoms with van der Waals surface area (Å²) in [4.78, 5) is 15.0. The molecule has 0 spiro atoms. The number of rotatable bonds is 3. The third kappa shape index (κ3) is 2.66. The maximum atomic E-state index is 13.2. The van der Waals surface area contributed by atoms with Gasteiger partial charge in [-0.25, -0.2) is 4.98 Å². The lowest BCUT2D eigenvalue weighted by molar-refractivity contribution is 0.0946. The molecule has 0 unspecified atom stereocenters. The van der Waals surface area contributed by atoms with Gasteiger partial charge in [0.2, 0.25) is 5.95 Å². The summed E-state index contributed by atoms with van der Waals surface area (Å²) in [5, 5.41) is 6.56. The fourth-order valence-electron chi connectivity index (χ4n) is 1.40. The summed E-state index contributed by atoms with van der Waals surface area (Å²) < 4.78 is 14.8. The van der Waals surface area contributed by atoms with E-state index in [1.54, 1.807) is 24.1 Å². The molecular weight excluding hydrogens is 223 g/mol. The molecule has 1 N–H and O–H groups in total. The monoisotopic (exact) mass is 234 g/mol. The standard InChI is InChI=1S/C11H11FN4O/c1-16-7-8(6-15-16)5-14-11(17)9-3-2-4-13-10(9)12/h2-4,6-7H,5H2,1H3,(H,14,17). The van der Waals surface area contributed by atoms with Gasteiger partial charge in [0.05, 0.1) is 11.8 Å². The van der Waals surface area contributed by atoms with E-state index in [0.717, 1.165) is 5.56 Å². The maximum absolute atomic E-state index is 13.2. The number of aryl methyl sites for hydroxylation is 1. The van der Waals surface area contributed by atoms with Crippen LogP contribution in [0.15, 0.2) is 30.7 Å². The van der Waals surface area contributed by atoms with Crippen LogP contribution in [0.2, 0.25) is 0 Å². The second-order valence-electron chi connectivity index (χ2n) is 3.55. The van der Waals surface area contributed by atoms with Crippen molar-refractivity contribution in [3.8, 4) is 0 Å². The van der Waals surface area contributed by atoms with Gasteiger partial charge in [0, 0.05) is 31.5 Å². The SMILES string of the molecule is Cn1cc(CNC(=O)c2cccnc2F)cn1. The molecule has 2 aromatic heterocycles. The highest BCUT2D eigenvalue weighted by Gasteiger charge is 2.11. The lowest BCUT2D eigenvalue weighted by atomic mass is 10.2. The van der Waals surface area contributed by atoms with Gasteiger partial charge in [0.25, 0.3) is 5.91 Å². The minimum absolute atomic E-state index is 0.0589. The lowest BCUT2D eigenvalue weighted by Crippen LogP contribution is -2.23. The summed E-state index contributed by atoms with van der Waals surface area (Å²) in [7, 11) is 1.78. The molecule has 0 saturated carbocycles. The highest BCUT2D eigenvalue weighted by Crippen LogP contribution is 2.03. The van der Waals surface area contributed by atoms with Gasteiger partial charge in [-0.1, -0.05) is 0 Å². The zero-order chi connectivity index (χ0) is 12.3. The first kappa shape index (κ1) is 11.3. The molecule has 0 atom stereocenters. The number of aromatic nitrogens is 3. The number of hydrogen-bond acceptors (Lipinski definition) is 3. The van der Waals surface area contributed by atoms with Crippen molar-refractivity contribution in [2.45, 2.75) is 6.54 Å². The first-order chi connectivity index (χ1) is 8.16. The molecule has 2 rings (SSSR count). The molecule has 0 bridgehead atoms. The molecule has 88 valence electrons. The molecule has 6 heteroatoms. The molecule has 0 radical (unpaired) electrons. The Morgan fingerprint density at radius 3 is 3.06 bits per heavy atom. The van der Waals surface area contributed by atoms with E-state index in [4.69, 9.17) is 0 Å². The quantitative estimate of drug-likeness (QED) is 0.802. The number of hydrogen-bond donors (Lipinski definition) is 1. The van der Waals surface area contributed by atoms with Crippen LogP contribution < -0.4 is 5.32 Å². The molecule has 0 aliphatic carbocycles. The Bertz CT molecular complexity index is 538. The summed E-state index contributed by atoms with van der Waals surface area (Å²) in [5.41, 5.74) is 0.793. The Morgan fingerprint density at radius 1 is 1.59 bits per heavy atom. The van der Waals surface area contributed by atoms with Crippen LogP contribution in [0.4, 0.5) is 4.39 Å². The Morgan fingerprint density at radius 2 is 2.41 bits per heavy atom. The van der Waals surface area contributed by atoms with E-state index >= 15 is 0 Å². The van der Waals surface area contributed by atoms with Crippen LogP contribution in [0.25, 0.3) is 0 Å². The van der Waals surface area contributed by atoms with Crippen molar-refractivity contribution >= 4 is 5.91 Å². The summed E-state index contributed by atoms with van der Waals surface area (Å²) in [6.45, 7) is 0.307. The Labute approximate surface area is 97.3 Å². The zero-order valence-electron chi connectivity index (χ0n) is 9.22. The summed E-state index contributed by atoms with van der Waals surface area (Å²) in [6.07, 6.45) is 4.72. The van der Waals surface area contributed by atoms with Crippen LogP contribution in [0.3, 0.4) is 0 Å². The Kier molecular flexibility index (Phi) is 3.13. The molecule has 0 aliphatic heterocycles. The van der Waals surface area contributed by atoms with E-state index in [0.29, 0.717) is 6.54 Å². The van der Waals surface area contributed by atoms with Gasteiger partial charge >= 0.3 is 0 Å². The van der Waals surface area contributed by atoms with E-state index in [2.05, 4.69) is 15.4 Å². The number of carbonyl (C=O) groups is 1. The first-order valence-corrected chi connectivity index (χ1v) is 5.03. The molecular formula is C11H11FN4O. The van der Waals surface area contributed by atoms with Crippen molar-refractivity contribution < 1.29 is 9.18 Å². The van der Waals surface area contributed by atoms with Crippen molar-refractivity contribution in [1.29, 1.82) is 0 Å². The lowest BCUT2D eigenvalue weighted by Gasteiger charge is -2.03. The highest BCUT2D eigenvalue weighted by molar-refractivity contribution is 5.94. The van der Waals surface area contributed by atoms with Crippen molar-refractivity contribution in [2.24, 2.45) is 7.05 Å². The molecule has 0 saturated heterocycles. The smallest absolute Gasteiger partial charge is 0.256 e.